The van der Waals surface area contributed by atoms with Crippen LogP contribution in [0.4, 0.5) is 11.4 Å². The molecule has 2 aromatic rings. The number of aryl methyl sites for hydroxylation is 1. The van der Waals surface area contributed by atoms with Gasteiger partial charge >= 0.3 is 0 Å². The summed E-state index contributed by atoms with van der Waals surface area (Å²) in [6.45, 7) is 3.50. The highest BCUT2D eigenvalue weighted by Gasteiger charge is 2.03. The van der Waals surface area contributed by atoms with Gasteiger partial charge in [0.1, 0.15) is 0 Å². The second-order valence-electron chi connectivity index (χ2n) is 4.67. The standard InChI is InChI=1S/C16H15ClN2OS/c1-10-9-13(17)5-8-15(10)19-16(21)18-14-6-3-12(4-7-14)11(2)20/h3-9H,1-2H3,(H2,18,19,21). The van der Waals surface area contributed by atoms with Crippen LogP contribution in [0.15, 0.2) is 42.5 Å². The minimum atomic E-state index is 0.0408. The van der Waals surface area contributed by atoms with Crippen LogP contribution in [-0.2, 0) is 0 Å². The first-order chi connectivity index (χ1) is 9.95. The predicted octanol–water partition coefficient (Wildman–Crippen LogP) is 4.66. The van der Waals surface area contributed by atoms with Crippen LogP contribution in [0.1, 0.15) is 22.8 Å². The van der Waals surface area contributed by atoms with Crippen molar-refractivity contribution in [1.29, 1.82) is 0 Å². The largest absolute Gasteiger partial charge is 0.332 e. The SMILES string of the molecule is CC(=O)c1ccc(NC(=S)Nc2ccc(Cl)cc2C)cc1. The van der Waals surface area contributed by atoms with Gasteiger partial charge in [-0.1, -0.05) is 11.6 Å². The third kappa shape index (κ3) is 4.28. The van der Waals surface area contributed by atoms with E-state index in [1.165, 1.54) is 6.92 Å². The summed E-state index contributed by atoms with van der Waals surface area (Å²) in [7, 11) is 0. The van der Waals surface area contributed by atoms with Gasteiger partial charge in [-0.2, -0.15) is 0 Å². The first-order valence-corrected chi connectivity index (χ1v) is 7.19. The van der Waals surface area contributed by atoms with Gasteiger partial charge in [0.25, 0.3) is 0 Å². The zero-order chi connectivity index (χ0) is 15.4. The molecule has 0 aliphatic carbocycles. The van der Waals surface area contributed by atoms with E-state index in [9.17, 15) is 4.79 Å². The minimum absolute atomic E-state index is 0.0408. The number of hydrogen-bond donors (Lipinski definition) is 2. The molecule has 2 N–H and O–H groups in total. The fourth-order valence-electron chi connectivity index (χ4n) is 1.84. The number of carbonyl (C=O) groups is 1. The van der Waals surface area contributed by atoms with Gasteiger partial charge in [0, 0.05) is 22.0 Å². The molecule has 0 amide bonds. The van der Waals surface area contributed by atoms with Gasteiger partial charge in [-0.05, 0) is 74.1 Å². The number of carbonyl (C=O) groups excluding carboxylic acids is 1. The molecule has 0 aromatic heterocycles. The lowest BCUT2D eigenvalue weighted by atomic mass is 10.1. The van der Waals surface area contributed by atoms with Crippen molar-refractivity contribution >= 4 is 46.1 Å². The number of ketones is 1. The van der Waals surface area contributed by atoms with Crippen molar-refractivity contribution in [3.05, 3.63) is 58.6 Å². The van der Waals surface area contributed by atoms with Gasteiger partial charge in [0.05, 0.1) is 0 Å². The Morgan fingerprint density at radius 2 is 1.76 bits per heavy atom. The Labute approximate surface area is 134 Å². The molecule has 2 rings (SSSR count). The second-order valence-corrected chi connectivity index (χ2v) is 5.52. The van der Waals surface area contributed by atoms with E-state index in [1.807, 2.05) is 31.2 Å². The Balaban J connectivity index is 2.02. The third-order valence-electron chi connectivity index (χ3n) is 2.99. The van der Waals surface area contributed by atoms with Gasteiger partial charge in [0.15, 0.2) is 10.9 Å². The van der Waals surface area contributed by atoms with Crippen LogP contribution >= 0.6 is 23.8 Å². The van der Waals surface area contributed by atoms with E-state index >= 15 is 0 Å². The molecular weight excluding hydrogens is 304 g/mol. The molecule has 5 heteroatoms. The topological polar surface area (TPSA) is 41.1 Å². The molecule has 3 nitrogen and oxygen atoms in total. The molecule has 0 saturated carbocycles. The predicted molar refractivity (Wildman–Crippen MR) is 92.5 cm³/mol. The van der Waals surface area contributed by atoms with Crippen molar-refractivity contribution in [3.8, 4) is 0 Å². The maximum Gasteiger partial charge on any atom is 0.175 e. The van der Waals surface area contributed by atoms with Gasteiger partial charge in [-0.3, -0.25) is 4.79 Å². The molecule has 0 unspecified atom stereocenters. The van der Waals surface area contributed by atoms with Crippen LogP contribution < -0.4 is 10.6 Å². The van der Waals surface area contributed by atoms with Crippen molar-refractivity contribution in [2.75, 3.05) is 10.6 Å². The summed E-state index contributed by atoms with van der Waals surface area (Å²) in [6, 6.07) is 12.7. The van der Waals surface area contributed by atoms with Crippen molar-refractivity contribution in [1.82, 2.24) is 0 Å². The number of halogens is 1. The number of thiocarbonyl (C=S) groups is 1. The van der Waals surface area contributed by atoms with Gasteiger partial charge in [-0.25, -0.2) is 0 Å². The fourth-order valence-corrected chi connectivity index (χ4v) is 2.29. The third-order valence-corrected chi connectivity index (χ3v) is 3.43. The molecule has 0 aliphatic heterocycles. The van der Waals surface area contributed by atoms with Crippen molar-refractivity contribution in [2.45, 2.75) is 13.8 Å². The van der Waals surface area contributed by atoms with Crippen LogP contribution in [-0.4, -0.2) is 10.9 Å². The highest BCUT2D eigenvalue weighted by atomic mass is 35.5. The summed E-state index contributed by atoms with van der Waals surface area (Å²) >= 11 is 11.2. The summed E-state index contributed by atoms with van der Waals surface area (Å²) in [5.41, 5.74) is 3.41. The number of Topliss-reactive ketones (excluding diaryl/α,β-unsaturated/α-hetero) is 1. The van der Waals surface area contributed by atoms with Crippen molar-refractivity contribution in [3.63, 3.8) is 0 Å². The van der Waals surface area contributed by atoms with E-state index in [0.29, 0.717) is 15.7 Å². The van der Waals surface area contributed by atoms with E-state index in [1.54, 1.807) is 18.2 Å². The lowest BCUT2D eigenvalue weighted by Crippen LogP contribution is -2.19. The molecule has 2 aromatic carbocycles. The minimum Gasteiger partial charge on any atom is -0.332 e. The molecule has 0 aliphatic rings. The highest BCUT2D eigenvalue weighted by molar-refractivity contribution is 7.80. The summed E-state index contributed by atoms with van der Waals surface area (Å²) < 4.78 is 0. The number of hydrogen-bond acceptors (Lipinski definition) is 2. The Morgan fingerprint density at radius 1 is 1.10 bits per heavy atom. The van der Waals surface area contributed by atoms with Crippen LogP contribution in [0, 0.1) is 6.92 Å². The number of benzene rings is 2. The van der Waals surface area contributed by atoms with Crippen LogP contribution in [0.3, 0.4) is 0 Å². The van der Waals surface area contributed by atoms with E-state index in [0.717, 1.165) is 16.9 Å². The first kappa shape index (κ1) is 15.5. The molecule has 0 radical (unpaired) electrons. The normalized spacial score (nSPS) is 10.0. The van der Waals surface area contributed by atoms with Gasteiger partial charge in [0.2, 0.25) is 0 Å². The molecule has 0 bridgehead atoms. The van der Waals surface area contributed by atoms with Gasteiger partial charge in [-0.15, -0.1) is 0 Å². The van der Waals surface area contributed by atoms with E-state index < -0.39 is 0 Å². The molecule has 0 spiro atoms. The Bertz CT molecular complexity index is 683. The number of anilines is 2. The molecule has 21 heavy (non-hydrogen) atoms. The highest BCUT2D eigenvalue weighted by Crippen LogP contribution is 2.20. The number of nitrogens with one attached hydrogen (secondary N) is 2. The van der Waals surface area contributed by atoms with Gasteiger partial charge < -0.3 is 10.6 Å². The molecule has 108 valence electrons. The van der Waals surface area contributed by atoms with E-state index in [2.05, 4.69) is 10.6 Å². The van der Waals surface area contributed by atoms with Crippen LogP contribution in [0.2, 0.25) is 5.02 Å². The Morgan fingerprint density at radius 3 is 2.33 bits per heavy atom. The summed E-state index contributed by atoms with van der Waals surface area (Å²) in [5.74, 6) is 0.0408. The van der Waals surface area contributed by atoms with E-state index in [4.69, 9.17) is 23.8 Å². The molecule has 0 fully saturated rings. The Hall–Kier alpha value is -1.91. The lowest BCUT2D eigenvalue weighted by Gasteiger charge is -2.13. The van der Waals surface area contributed by atoms with Crippen molar-refractivity contribution < 1.29 is 4.79 Å². The smallest absolute Gasteiger partial charge is 0.175 e. The second kappa shape index (κ2) is 6.70. The lowest BCUT2D eigenvalue weighted by molar-refractivity contribution is 0.101. The fraction of sp³-hybridized carbons (Fsp3) is 0.125. The van der Waals surface area contributed by atoms with E-state index in [-0.39, 0.29) is 5.78 Å². The quantitative estimate of drug-likeness (QED) is 0.638. The maximum absolute atomic E-state index is 11.2. The number of rotatable bonds is 3. The Kier molecular flexibility index (Phi) is 4.94. The van der Waals surface area contributed by atoms with Crippen LogP contribution in [0.25, 0.3) is 0 Å². The summed E-state index contributed by atoms with van der Waals surface area (Å²) in [5, 5.41) is 7.37. The first-order valence-electron chi connectivity index (χ1n) is 6.41. The summed E-state index contributed by atoms with van der Waals surface area (Å²) in [4.78, 5) is 11.2. The molecule has 0 saturated heterocycles. The average molecular weight is 319 g/mol. The zero-order valence-corrected chi connectivity index (χ0v) is 13.3. The summed E-state index contributed by atoms with van der Waals surface area (Å²) in [6.07, 6.45) is 0. The molecule has 0 heterocycles. The molecule has 0 atom stereocenters. The monoisotopic (exact) mass is 318 g/mol. The van der Waals surface area contributed by atoms with Crippen LogP contribution in [0.5, 0.6) is 0 Å². The average Bonchev–Trinajstić information content (AvgIpc) is 2.42. The molecular formula is C16H15ClN2OS. The maximum atomic E-state index is 11.2. The van der Waals surface area contributed by atoms with Crippen molar-refractivity contribution in [2.24, 2.45) is 0 Å². The zero-order valence-electron chi connectivity index (χ0n) is 11.7.